The van der Waals surface area contributed by atoms with E-state index >= 15 is 0 Å². The number of hydrogen-bond donors (Lipinski definition) is 2. The number of nitrogens with one attached hydrogen (secondary N) is 1. The molecule has 0 aliphatic carbocycles. The zero-order chi connectivity index (χ0) is 13.7. The van der Waals surface area contributed by atoms with Crippen molar-refractivity contribution in [3.8, 4) is 0 Å². The molecule has 1 atom stereocenters. The van der Waals surface area contributed by atoms with Crippen LogP contribution in [0.25, 0.3) is 0 Å². The first-order valence-electron chi connectivity index (χ1n) is 4.84. The van der Waals surface area contributed by atoms with Crippen LogP contribution in [0.4, 0.5) is 4.39 Å². The summed E-state index contributed by atoms with van der Waals surface area (Å²) in [6, 6.07) is 0.168. The third-order valence-electron chi connectivity index (χ3n) is 1.84. The van der Waals surface area contributed by atoms with Crippen molar-refractivity contribution in [3.05, 3.63) is 22.6 Å². The molecule has 0 saturated heterocycles. The molecular formula is C10H10BrFN2O3S. The number of pyridine rings is 1. The number of thioether (sulfide) groups is 1. The normalized spacial score (nSPS) is 11.9. The number of aromatic nitrogens is 1. The number of hydrogen-bond acceptors (Lipinski definition) is 4. The SMILES string of the molecule is CC(=O)N[C@@H](CSc1ncc(Br)cc1F)C(=O)O. The van der Waals surface area contributed by atoms with Crippen molar-refractivity contribution >= 4 is 39.6 Å². The molecular weight excluding hydrogens is 327 g/mol. The first kappa shape index (κ1) is 14.9. The van der Waals surface area contributed by atoms with Crippen molar-refractivity contribution < 1.29 is 19.1 Å². The van der Waals surface area contributed by atoms with Crippen molar-refractivity contribution in [3.63, 3.8) is 0 Å². The average molecular weight is 337 g/mol. The van der Waals surface area contributed by atoms with Gasteiger partial charge < -0.3 is 10.4 Å². The number of carbonyl (C=O) groups is 2. The molecule has 2 N–H and O–H groups in total. The van der Waals surface area contributed by atoms with E-state index in [1.807, 2.05) is 0 Å². The number of halogens is 2. The van der Waals surface area contributed by atoms with E-state index in [-0.39, 0.29) is 10.8 Å². The second kappa shape index (κ2) is 6.69. The highest BCUT2D eigenvalue weighted by atomic mass is 79.9. The maximum Gasteiger partial charge on any atom is 0.327 e. The molecule has 5 nitrogen and oxygen atoms in total. The van der Waals surface area contributed by atoms with Crippen molar-refractivity contribution in [2.75, 3.05) is 5.75 Å². The van der Waals surface area contributed by atoms with Gasteiger partial charge in [0.2, 0.25) is 5.91 Å². The van der Waals surface area contributed by atoms with Gasteiger partial charge >= 0.3 is 5.97 Å². The molecule has 98 valence electrons. The Morgan fingerprint density at radius 3 is 2.83 bits per heavy atom. The summed E-state index contributed by atoms with van der Waals surface area (Å²) in [5.74, 6) is -2.16. The van der Waals surface area contributed by atoms with Crippen LogP contribution in [0.5, 0.6) is 0 Å². The number of rotatable bonds is 5. The molecule has 0 bridgehead atoms. The summed E-state index contributed by atoms with van der Waals surface area (Å²) in [6.45, 7) is 1.22. The Hall–Kier alpha value is -1.15. The highest BCUT2D eigenvalue weighted by molar-refractivity contribution is 9.10. The van der Waals surface area contributed by atoms with Crippen LogP contribution in [0.15, 0.2) is 21.8 Å². The number of carboxylic acids is 1. The number of aliphatic carboxylic acids is 1. The minimum absolute atomic E-state index is 0.000462. The van der Waals surface area contributed by atoms with Gasteiger partial charge in [0.05, 0.1) is 0 Å². The Morgan fingerprint density at radius 2 is 2.33 bits per heavy atom. The first-order valence-corrected chi connectivity index (χ1v) is 6.61. The molecule has 1 amide bonds. The van der Waals surface area contributed by atoms with Crippen LogP contribution in [0, 0.1) is 5.82 Å². The molecule has 0 saturated carbocycles. The Balaban J connectivity index is 2.66. The van der Waals surface area contributed by atoms with Crippen LogP contribution in [-0.4, -0.2) is 33.8 Å². The van der Waals surface area contributed by atoms with Gasteiger partial charge in [0.1, 0.15) is 11.1 Å². The maximum absolute atomic E-state index is 13.4. The number of carboxylic acid groups (broad SMARTS) is 1. The maximum atomic E-state index is 13.4. The van der Waals surface area contributed by atoms with Crippen LogP contribution in [-0.2, 0) is 9.59 Å². The fraction of sp³-hybridized carbons (Fsp3) is 0.300. The molecule has 18 heavy (non-hydrogen) atoms. The molecule has 1 heterocycles. The molecule has 0 radical (unpaired) electrons. The Labute approximate surface area is 115 Å². The highest BCUT2D eigenvalue weighted by Crippen LogP contribution is 2.22. The summed E-state index contributed by atoms with van der Waals surface area (Å²) >= 11 is 4.00. The van der Waals surface area contributed by atoms with Crippen LogP contribution < -0.4 is 5.32 Å². The van der Waals surface area contributed by atoms with Crippen LogP contribution in [0.1, 0.15) is 6.92 Å². The van der Waals surface area contributed by atoms with Gasteiger partial charge in [0.15, 0.2) is 5.82 Å². The second-order valence-corrected chi connectivity index (χ2v) is 5.27. The predicted octanol–water partition coefficient (Wildman–Crippen LogP) is 1.66. The summed E-state index contributed by atoms with van der Waals surface area (Å²) in [5, 5.41) is 11.2. The van der Waals surface area contributed by atoms with Crippen LogP contribution in [0.3, 0.4) is 0 Å². The molecule has 1 aromatic heterocycles. The molecule has 0 unspecified atom stereocenters. The molecule has 8 heteroatoms. The van der Waals surface area contributed by atoms with E-state index in [9.17, 15) is 14.0 Å². The minimum Gasteiger partial charge on any atom is -0.480 e. The first-order chi connectivity index (χ1) is 8.40. The zero-order valence-corrected chi connectivity index (χ0v) is 11.7. The fourth-order valence-electron chi connectivity index (χ4n) is 1.09. The zero-order valence-electron chi connectivity index (χ0n) is 9.31. The lowest BCUT2D eigenvalue weighted by Gasteiger charge is -2.12. The van der Waals surface area contributed by atoms with Gasteiger partial charge in [-0.1, -0.05) is 0 Å². The van der Waals surface area contributed by atoms with Gasteiger partial charge in [-0.15, -0.1) is 11.8 Å². The predicted molar refractivity (Wildman–Crippen MR) is 67.9 cm³/mol. The third-order valence-corrected chi connectivity index (χ3v) is 3.34. The number of carbonyl (C=O) groups excluding carboxylic acids is 1. The van der Waals surface area contributed by atoms with Crippen LogP contribution in [0.2, 0.25) is 0 Å². The third kappa shape index (κ3) is 4.61. The molecule has 0 aliphatic rings. The van der Waals surface area contributed by atoms with E-state index in [1.54, 1.807) is 0 Å². The molecule has 0 aromatic carbocycles. The topological polar surface area (TPSA) is 79.3 Å². The van der Waals surface area contributed by atoms with Gasteiger partial charge in [-0.05, 0) is 22.0 Å². The summed E-state index contributed by atoms with van der Waals surface area (Å²) in [4.78, 5) is 25.5. The van der Waals surface area contributed by atoms with Crippen molar-refractivity contribution in [2.45, 2.75) is 18.0 Å². The summed E-state index contributed by atoms with van der Waals surface area (Å²) in [6.07, 6.45) is 1.42. The molecule has 0 spiro atoms. The fourth-order valence-corrected chi connectivity index (χ4v) is 2.27. The molecule has 0 aliphatic heterocycles. The summed E-state index contributed by atoms with van der Waals surface area (Å²) in [5.41, 5.74) is 0. The van der Waals surface area contributed by atoms with Crippen molar-refractivity contribution in [1.29, 1.82) is 0 Å². The Morgan fingerprint density at radius 1 is 1.67 bits per heavy atom. The lowest BCUT2D eigenvalue weighted by Crippen LogP contribution is -2.41. The highest BCUT2D eigenvalue weighted by Gasteiger charge is 2.19. The average Bonchev–Trinajstić information content (AvgIpc) is 2.25. The van der Waals surface area contributed by atoms with E-state index < -0.39 is 23.7 Å². The van der Waals surface area contributed by atoms with Crippen molar-refractivity contribution in [1.82, 2.24) is 10.3 Å². The number of amides is 1. The monoisotopic (exact) mass is 336 g/mol. The largest absolute Gasteiger partial charge is 0.480 e. The van der Waals surface area contributed by atoms with Gasteiger partial charge in [-0.2, -0.15) is 0 Å². The summed E-state index contributed by atoms with van der Waals surface area (Å²) < 4.78 is 13.9. The number of nitrogens with zero attached hydrogens (tertiary/aromatic N) is 1. The van der Waals surface area contributed by atoms with Gasteiger partial charge in [0.25, 0.3) is 0 Å². The van der Waals surface area contributed by atoms with E-state index in [0.29, 0.717) is 4.47 Å². The molecule has 0 fully saturated rings. The van der Waals surface area contributed by atoms with E-state index in [0.717, 1.165) is 11.8 Å². The summed E-state index contributed by atoms with van der Waals surface area (Å²) in [7, 11) is 0. The van der Waals surface area contributed by atoms with Gasteiger partial charge in [-0.25, -0.2) is 14.2 Å². The Kier molecular flexibility index (Phi) is 5.54. The minimum atomic E-state index is -1.17. The van der Waals surface area contributed by atoms with Crippen LogP contribution >= 0.6 is 27.7 Å². The molecule has 1 aromatic rings. The van der Waals surface area contributed by atoms with E-state index in [2.05, 4.69) is 26.2 Å². The quantitative estimate of drug-likeness (QED) is 0.799. The van der Waals surface area contributed by atoms with Gasteiger partial charge in [0, 0.05) is 23.3 Å². The standard InChI is InChI=1S/C10H10BrFN2O3S/c1-5(15)14-8(10(16)17)4-18-9-7(12)2-6(11)3-13-9/h2-3,8H,4H2,1H3,(H,14,15)(H,16,17)/t8-/m0/s1. The lowest BCUT2D eigenvalue weighted by molar-refractivity contribution is -0.140. The van der Waals surface area contributed by atoms with E-state index in [1.165, 1.54) is 19.2 Å². The van der Waals surface area contributed by atoms with Crippen molar-refractivity contribution in [2.24, 2.45) is 0 Å². The second-order valence-electron chi connectivity index (χ2n) is 3.34. The molecule has 1 rings (SSSR count). The lowest BCUT2D eigenvalue weighted by atomic mass is 10.3. The smallest absolute Gasteiger partial charge is 0.327 e. The van der Waals surface area contributed by atoms with Gasteiger partial charge in [-0.3, -0.25) is 4.79 Å². The van der Waals surface area contributed by atoms with E-state index in [4.69, 9.17) is 5.11 Å². The Bertz CT molecular complexity index is 472.